The van der Waals surface area contributed by atoms with E-state index >= 15 is 0 Å². The van der Waals surface area contributed by atoms with Crippen LogP contribution in [-0.4, -0.2) is 72.7 Å². The van der Waals surface area contributed by atoms with Crippen molar-refractivity contribution in [1.29, 1.82) is 0 Å². The maximum Gasteiger partial charge on any atom is 0.308 e. The topological polar surface area (TPSA) is 115 Å². The van der Waals surface area contributed by atoms with Gasteiger partial charge in [0.15, 0.2) is 8.32 Å². The molecule has 0 spiro atoms. The van der Waals surface area contributed by atoms with Crippen LogP contribution < -0.4 is 0 Å². The monoisotopic (exact) mass is 650 g/mol. The fourth-order valence-corrected chi connectivity index (χ4v) is 7.04. The summed E-state index contributed by atoms with van der Waals surface area (Å²) in [5.74, 6) is -0.677. The molecule has 1 fully saturated rings. The number of aliphatic hydroxyl groups is 2. The van der Waals surface area contributed by atoms with Gasteiger partial charge in [0.25, 0.3) is 0 Å². The third kappa shape index (κ3) is 12.1. The molecule has 0 radical (unpaired) electrons. The number of cyclic esters (lactones) is 1. The standard InChI is InChI=1S/C36H62O8Si/c1-13-29(38)26(5)34-30(42-34)21-23(2)15-14-16-24(3)33-25(4)17-18-31(41-27(6)37)36(10,40)20-19-28(22-32(39)43-33)44-45(11,12)35(7,8)9/h14-18,23,25-26,28-31,33-34,38,40H,13,19-22H2,1-12H3. The summed E-state index contributed by atoms with van der Waals surface area (Å²) in [7, 11) is -2.24. The van der Waals surface area contributed by atoms with Gasteiger partial charge in [-0.2, -0.15) is 0 Å². The fourth-order valence-electron chi connectivity index (χ4n) is 5.65. The highest BCUT2D eigenvalue weighted by Gasteiger charge is 2.45. The van der Waals surface area contributed by atoms with Crippen LogP contribution in [0.3, 0.4) is 0 Å². The molecule has 2 heterocycles. The van der Waals surface area contributed by atoms with Crippen molar-refractivity contribution in [2.24, 2.45) is 17.8 Å². The molecule has 0 saturated carbocycles. The van der Waals surface area contributed by atoms with Gasteiger partial charge in [0, 0.05) is 18.8 Å². The van der Waals surface area contributed by atoms with Gasteiger partial charge in [0.1, 0.15) is 17.8 Å². The zero-order chi connectivity index (χ0) is 34.3. The molecule has 258 valence electrons. The number of carbonyl (C=O) groups is 2. The number of rotatable bonds is 11. The van der Waals surface area contributed by atoms with Crippen LogP contribution in [0.25, 0.3) is 0 Å². The molecule has 0 aromatic heterocycles. The molecule has 45 heavy (non-hydrogen) atoms. The van der Waals surface area contributed by atoms with E-state index in [9.17, 15) is 19.8 Å². The van der Waals surface area contributed by atoms with Crippen LogP contribution in [0.5, 0.6) is 0 Å². The van der Waals surface area contributed by atoms with Crippen LogP contribution >= 0.6 is 0 Å². The van der Waals surface area contributed by atoms with Crippen LogP contribution in [0.1, 0.15) is 101 Å². The first kappa shape index (κ1) is 39.4. The lowest BCUT2D eigenvalue weighted by atomic mass is 9.88. The van der Waals surface area contributed by atoms with E-state index in [1.165, 1.54) is 6.92 Å². The van der Waals surface area contributed by atoms with E-state index in [4.69, 9.17) is 18.6 Å². The van der Waals surface area contributed by atoms with Gasteiger partial charge in [-0.15, -0.1) is 0 Å². The predicted octanol–water partition coefficient (Wildman–Crippen LogP) is 7.05. The van der Waals surface area contributed by atoms with E-state index in [1.54, 1.807) is 13.0 Å². The molecular formula is C36H62O8Si. The molecule has 1 saturated heterocycles. The summed E-state index contributed by atoms with van der Waals surface area (Å²) in [5.41, 5.74) is -0.477. The van der Waals surface area contributed by atoms with Crippen molar-refractivity contribution in [2.45, 2.75) is 162 Å². The fraction of sp³-hybridized carbons (Fsp3) is 0.778. The second-order valence-electron chi connectivity index (χ2n) is 15.3. The number of carbonyl (C=O) groups excluding carboxylic acids is 2. The quantitative estimate of drug-likeness (QED) is 0.0804. The van der Waals surface area contributed by atoms with Crippen LogP contribution in [0, 0.1) is 17.8 Å². The molecule has 0 aromatic rings. The lowest BCUT2D eigenvalue weighted by Gasteiger charge is -2.40. The van der Waals surface area contributed by atoms with Gasteiger partial charge in [-0.05, 0) is 75.2 Å². The first-order valence-electron chi connectivity index (χ1n) is 16.8. The van der Waals surface area contributed by atoms with Gasteiger partial charge in [0.2, 0.25) is 0 Å². The summed E-state index contributed by atoms with van der Waals surface area (Å²) in [6.07, 6.45) is 10.1. The molecule has 2 rings (SSSR count). The molecule has 9 heteroatoms. The largest absolute Gasteiger partial charge is 0.457 e. The Morgan fingerprint density at radius 2 is 1.87 bits per heavy atom. The molecule has 0 amide bonds. The van der Waals surface area contributed by atoms with Gasteiger partial charge in [-0.25, -0.2) is 0 Å². The minimum Gasteiger partial charge on any atom is -0.457 e. The highest BCUT2D eigenvalue weighted by molar-refractivity contribution is 6.74. The Morgan fingerprint density at radius 3 is 2.44 bits per heavy atom. The van der Waals surface area contributed by atoms with E-state index < -0.39 is 38.2 Å². The number of ether oxygens (including phenoxy) is 3. The van der Waals surface area contributed by atoms with Gasteiger partial charge in [-0.1, -0.05) is 72.8 Å². The molecule has 0 aliphatic carbocycles. The Bertz CT molecular complexity index is 1070. The summed E-state index contributed by atoms with van der Waals surface area (Å²) in [6, 6.07) is 0. The zero-order valence-electron chi connectivity index (χ0n) is 30.0. The summed E-state index contributed by atoms with van der Waals surface area (Å²) in [4.78, 5) is 25.4. The van der Waals surface area contributed by atoms with E-state index in [0.29, 0.717) is 6.42 Å². The number of hydrogen-bond acceptors (Lipinski definition) is 8. The van der Waals surface area contributed by atoms with Gasteiger partial charge in [-0.3, -0.25) is 9.59 Å². The Kier molecular flexibility index (Phi) is 14.3. The molecule has 2 aliphatic heterocycles. The van der Waals surface area contributed by atoms with Crippen molar-refractivity contribution < 1.29 is 38.4 Å². The van der Waals surface area contributed by atoms with Crippen molar-refractivity contribution in [1.82, 2.24) is 0 Å². The van der Waals surface area contributed by atoms with Crippen molar-refractivity contribution >= 4 is 20.3 Å². The first-order chi connectivity index (χ1) is 20.7. The summed E-state index contributed by atoms with van der Waals surface area (Å²) < 4.78 is 24.2. The van der Waals surface area contributed by atoms with Crippen LogP contribution in [0.15, 0.2) is 36.0 Å². The number of aliphatic hydroxyl groups excluding tert-OH is 1. The SMILES string of the molecule is CCC(O)C(C)C1OC1CC(C)C=CC=C(C)C1OC(=O)CC(O[Si](C)(C)C(C)(C)C)CCC(C)(O)C(OC(C)=O)C=CC1C. The Morgan fingerprint density at radius 1 is 1.22 bits per heavy atom. The van der Waals surface area contributed by atoms with Gasteiger partial charge < -0.3 is 28.8 Å². The molecule has 0 bridgehead atoms. The highest BCUT2D eigenvalue weighted by Crippen LogP contribution is 2.39. The minimum atomic E-state index is -2.24. The molecular weight excluding hydrogens is 588 g/mol. The van der Waals surface area contributed by atoms with Crippen molar-refractivity contribution in [2.75, 3.05) is 0 Å². The first-order valence-corrected chi connectivity index (χ1v) is 19.7. The molecule has 8 nitrogen and oxygen atoms in total. The Hall–Kier alpha value is -1.78. The summed E-state index contributed by atoms with van der Waals surface area (Å²) in [6.45, 7) is 23.8. The lowest BCUT2D eigenvalue weighted by molar-refractivity contribution is -0.157. The average Bonchev–Trinajstić information content (AvgIpc) is 3.68. The van der Waals surface area contributed by atoms with Crippen molar-refractivity contribution in [3.05, 3.63) is 36.0 Å². The van der Waals surface area contributed by atoms with Crippen LogP contribution in [-0.2, 0) is 28.2 Å². The summed E-state index contributed by atoms with van der Waals surface area (Å²) >= 11 is 0. The zero-order valence-corrected chi connectivity index (χ0v) is 31.0. The van der Waals surface area contributed by atoms with E-state index in [2.05, 4.69) is 46.9 Å². The Labute approximate surface area is 273 Å². The van der Waals surface area contributed by atoms with E-state index in [1.807, 2.05) is 45.9 Å². The molecule has 2 aliphatic rings. The molecule has 10 unspecified atom stereocenters. The molecule has 2 N–H and O–H groups in total. The predicted molar refractivity (Wildman–Crippen MR) is 181 cm³/mol. The highest BCUT2D eigenvalue weighted by atomic mass is 28.4. The summed E-state index contributed by atoms with van der Waals surface area (Å²) in [5, 5.41) is 21.5. The van der Waals surface area contributed by atoms with Gasteiger partial charge >= 0.3 is 11.9 Å². The molecule has 0 aromatic carbocycles. The van der Waals surface area contributed by atoms with E-state index in [-0.39, 0.29) is 59.9 Å². The number of epoxide rings is 1. The minimum absolute atomic E-state index is 0.0620. The van der Waals surface area contributed by atoms with Crippen LogP contribution in [0.4, 0.5) is 0 Å². The van der Waals surface area contributed by atoms with Crippen LogP contribution in [0.2, 0.25) is 18.1 Å². The second-order valence-corrected chi connectivity index (χ2v) is 20.0. The third-order valence-electron chi connectivity index (χ3n) is 9.88. The maximum atomic E-state index is 13.4. The molecule has 10 atom stereocenters. The third-order valence-corrected chi connectivity index (χ3v) is 14.4. The van der Waals surface area contributed by atoms with Crippen molar-refractivity contribution in [3.8, 4) is 0 Å². The van der Waals surface area contributed by atoms with Crippen molar-refractivity contribution in [3.63, 3.8) is 0 Å². The maximum absolute atomic E-state index is 13.4. The Balaban J connectivity index is 2.28. The lowest BCUT2D eigenvalue weighted by Crippen LogP contribution is -2.46. The normalized spacial score (nSPS) is 32.7. The number of esters is 2. The second kappa shape index (κ2) is 16.4. The average molecular weight is 651 g/mol. The number of allylic oxidation sites excluding steroid dienone is 3. The van der Waals surface area contributed by atoms with Gasteiger partial charge in [0.05, 0.1) is 30.8 Å². The smallest absolute Gasteiger partial charge is 0.308 e. The van der Waals surface area contributed by atoms with E-state index in [0.717, 1.165) is 18.4 Å². The number of hydrogen-bond donors (Lipinski definition) is 2.